The smallest absolute Gasteiger partial charge is 0.153 e. The van der Waals surface area contributed by atoms with E-state index in [0.29, 0.717) is 11.6 Å². The summed E-state index contributed by atoms with van der Waals surface area (Å²) in [7, 11) is 0. The number of aldehydes is 1. The summed E-state index contributed by atoms with van der Waals surface area (Å²) < 4.78 is 5.28. The molecule has 1 heterocycles. The summed E-state index contributed by atoms with van der Waals surface area (Å²) in [6, 6.07) is 5.54. The van der Waals surface area contributed by atoms with Crippen molar-refractivity contribution in [3.63, 3.8) is 0 Å². The molecule has 1 atom stereocenters. The van der Waals surface area contributed by atoms with Gasteiger partial charge in [-0.1, -0.05) is 17.7 Å². The Morgan fingerprint density at radius 1 is 1.54 bits per heavy atom. The van der Waals surface area contributed by atoms with E-state index in [1.807, 2.05) is 12.1 Å². The van der Waals surface area contributed by atoms with Gasteiger partial charge in [-0.3, -0.25) is 0 Å². The molecule has 0 saturated heterocycles. The van der Waals surface area contributed by atoms with Gasteiger partial charge in [0.15, 0.2) is 6.29 Å². The lowest BCUT2D eigenvalue weighted by atomic mass is 9.98. The zero-order valence-electron chi connectivity index (χ0n) is 7.00. The number of carbonyl (C=O) groups excluding carboxylic acids is 1. The predicted molar refractivity (Wildman–Crippen MR) is 49.9 cm³/mol. The molecule has 0 radical (unpaired) electrons. The highest BCUT2D eigenvalue weighted by molar-refractivity contribution is 6.30. The van der Waals surface area contributed by atoms with Crippen molar-refractivity contribution in [1.29, 1.82) is 0 Å². The largest absolute Gasteiger partial charge is 0.366 e. The Morgan fingerprint density at radius 2 is 2.38 bits per heavy atom. The first kappa shape index (κ1) is 8.73. The minimum Gasteiger partial charge on any atom is -0.366 e. The van der Waals surface area contributed by atoms with Crippen LogP contribution in [0.4, 0.5) is 0 Å². The van der Waals surface area contributed by atoms with Crippen molar-refractivity contribution in [3.05, 3.63) is 34.3 Å². The standard InChI is InChI=1S/C10H9ClO2/c11-8-1-2-9-7(5-8)3-4-13-10(9)6-12/h1-2,5-6,10H,3-4H2/t10-/m1/s1. The van der Waals surface area contributed by atoms with Gasteiger partial charge >= 0.3 is 0 Å². The molecular weight excluding hydrogens is 188 g/mol. The van der Waals surface area contributed by atoms with Gasteiger partial charge in [0, 0.05) is 5.02 Å². The Kier molecular flexibility index (Phi) is 2.34. The number of hydrogen-bond acceptors (Lipinski definition) is 2. The highest BCUT2D eigenvalue weighted by atomic mass is 35.5. The minimum atomic E-state index is -0.402. The maximum Gasteiger partial charge on any atom is 0.153 e. The summed E-state index contributed by atoms with van der Waals surface area (Å²) in [4.78, 5) is 10.6. The summed E-state index contributed by atoms with van der Waals surface area (Å²) in [5.74, 6) is 0. The number of rotatable bonds is 1. The molecule has 1 aromatic rings. The first-order chi connectivity index (χ1) is 6.31. The maximum atomic E-state index is 10.6. The maximum absolute atomic E-state index is 10.6. The molecule has 68 valence electrons. The highest BCUT2D eigenvalue weighted by Crippen LogP contribution is 2.27. The molecule has 2 nitrogen and oxygen atoms in total. The van der Waals surface area contributed by atoms with Crippen molar-refractivity contribution >= 4 is 17.9 Å². The topological polar surface area (TPSA) is 26.3 Å². The molecule has 0 unspecified atom stereocenters. The SMILES string of the molecule is O=C[C@H]1OCCc2cc(Cl)ccc21. The lowest BCUT2D eigenvalue weighted by molar-refractivity contribution is -0.119. The Balaban J connectivity index is 2.45. The molecule has 0 fully saturated rings. The number of fused-ring (bicyclic) bond motifs is 1. The summed E-state index contributed by atoms with van der Waals surface area (Å²) >= 11 is 5.84. The van der Waals surface area contributed by atoms with Crippen LogP contribution in [0.1, 0.15) is 17.2 Å². The molecule has 1 aromatic carbocycles. The quantitative estimate of drug-likeness (QED) is 0.644. The average molecular weight is 197 g/mol. The molecule has 1 aliphatic rings. The molecule has 0 amide bonds. The first-order valence-electron chi connectivity index (χ1n) is 4.16. The third-order valence-corrected chi connectivity index (χ3v) is 2.44. The molecule has 1 aliphatic heterocycles. The molecule has 0 bridgehead atoms. The Hall–Kier alpha value is -0.860. The second-order valence-corrected chi connectivity index (χ2v) is 3.46. The zero-order valence-corrected chi connectivity index (χ0v) is 7.75. The van der Waals surface area contributed by atoms with Crippen LogP contribution in [0.25, 0.3) is 0 Å². The van der Waals surface area contributed by atoms with Gasteiger partial charge in [-0.15, -0.1) is 0 Å². The van der Waals surface area contributed by atoms with Gasteiger partial charge in [-0.2, -0.15) is 0 Å². The van der Waals surface area contributed by atoms with Crippen LogP contribution in [0.15, 0.2) is 18.2 Å². The van der Waals surface area contributed by atoms with Gasteiger partial charge in [0.2, 0.25) is 0 Å². The van der Waals surface area contributed by atoms with Crippen molar-refractivity contribution in [2.24, 2.45) is 0 Å². The van der Waals surface area contributed by atoms with Crippen LogP contribution in [0.3, 0.4) is 0 Å². The van der Waals surface area contributed by atoms with Gasteiger partial charge in [0.1, 0.15) is 6.10 Å². The van der Waals surface area contributed by atoms with Crippen LogP contribution < -0.4 is 0 Å². The fourth-order valence-electron chi connectivity index (χ4n) is 1.57. The van der Waals surface area contributed by atoms with Gasteiger partial charge < -0.3 is 9.53 Å². The molecular formula is C10H9ClO2. The third-order valence-electron chi connectivity index (χ3n) is 2.20. The monoisotopic (exact) mass is 196 g/mol. The van der Waals surface area contributed by atoms with E-state index in [4.69, 9.17) is 16.3 Å². The predicted octanol–water partition coefficient (Wildman–Crippen LogP) is 2.15. The summed E-state index contributed by atoms with van der Waals surface area (Å²) in [5, 5.41) is 0.713. The van der Waals surface area contributed by atoms with Crippen molar-refractivity contribution < 1.29 is 9.53 Å². The van der Waals surface area contributed by atoms with E-state index in [9.17, 15) is 4.79 Å². The van der Waals surface area contributed by atoms with E-state index >= 15 is 0 Å². The van der Waals surface area contributed by atoms with Crippen LogP contribution in [0.2, 0.25) is 5.02 Å². The van der Waals surface area contributed by atoms with Gasteiger partial charge in [-0.25, -0.2) is 0 Å². The fraction of sp³-hybridized carbons (Fsp3) is 0.300. The summed E-state index contributed by atoms with van der Waals surface area (Å²) in [6.45, 7) is 0.594. The molecule has 13 heavy (non-hydrogen) atoms. The summed E-state index contributed by atoms with van der Waals surface area (Å²) in [5.41, 5.74) is 2.07. The Labute approximate surface area is 81.5 Å². The molecule has 3 heteroatoms. The lowest BCUT2D eigenvalue weighted by Gasteiger charge is -2.21. The third kappa shape index (κ3) is 1.60. The van der Waals surface area contributed by atoms with Crippen molar-refractivity contribution in [1.82, 2.24) is 0 Å². The molecule has 0 aromatic heterocycles. The highest BCUT2D eigenvalue weighted by Gasteiger charge is 2.19. The van der Waals surface area contributed by atoms with E-state index in [0.717, 1.165) is 23.8 Å². The number of hydrogen-bond donors (Lipinski definition) is 0. The van der Waals surface area contributed by atoms with E-state index in [2.05, 4.69) is 0 Å². The number of benzene rings is 1. The minimum absolute atomic E-state index is 0.402. The van der Waals surface area contributed by atoms with E-state index in [1.54, 1.807) is 6.07 Å². The van der Waals surface area contributed by atoms with Crippen molar-refractivity contribution in [2.75, 3.05) is 6.61 Å². The second-order valence-electron chi connectivity index (χ2n) is 3.02. The van der Waals surface area contributed by atoms with Crippen LogP contribution in [-0.4, -0.2) is 12.9 Å². The molecule has 2 rings (SSSR count). The van der Waals surface area contributed by atoms with Gasteiger partial charge in [-0.05, 0) is 29.7 Å². The van der Waals surface area contributed by atoms with Crippen LogP contribution in [0, 0.1) is 0 Å². The summed E-state index contributed by atoms with van der Waals surface area (Å²) in [6.07, 6.45) is 1.26. The zero-order chi connectivity index (χ0) is 9.26. The van der Waals surface area contributed by atoms with Crippen molar-refractivity contribution in [2.45, 2.75) is 12.5 Å². The number of carbonyl (C=O) groups is 1. The Bertz CT molecular complexity index is 336. The fourth-order valence-corrected chi connectivity index (χ4v) is 1.76. The van der Waals surface area contributed by atoms with Gasteiger partial charge in [0.25, 0.3) is 0 Å². The molecule has 0 spiro atoms. The second kappa shape index (κ2) is 3.48. The van der Waals surface area contributed by atoms with Crippen molar-refractivity contribution in [3.8, 4) is 0 Å². The normalized spacial score (nSPS) is 20.8. The van der Waals surface area contributed by atoms with E-state index in [1.165, 1.54) is 0 Å². The van der Waals surface area contributed by atoms with E-state index in [-0.39, 0.29) is 0 Å². The van der Waals surface area contributed by atoms with Crippen LogP contribution >= 0.6 is 11.6 Å². The van der Waals surface area contributed by atoms with Gasteiger partial charge in [0.05, 0.1) is 6.61 Å². The molecule has 0 N–H and O–H groups in total. The lowest BCUT2D eigenvalue weighted by Crippen LogP contribution is -2.16. The first-order valence-corrected chi connectivity index (χ1v) is 4.54. The Morgan fingerprint density at radius 3 is 3.15 bits per heavy atom. The van der Waals surface area contributed by atoms with E-state index < -0.39 is 6.10 Å². The molecule has 0 aliphatic carbocycles. The van der Waals surface area contributed by atoms with Crippen LogP contribution in [-0.2, 0) is 16.0 Å². The van der Waals surface area contributed by atoms with Crippen LogP contribution in [0.5, 0.6) is 0 Å². The average Bonchev–Trinajstić information content (AvgIpc) is 2.16. The molecule has 0 saturated carbocycles. The number of halogens is 1. The number of ether oxygens (including phenoxy) is 1.